The molecule has 0 bridgehead atoms. The van der Waals surface area contributed by atoms with E-state index in [-0.39, 0.29) is 0 Å². The van der Waals surface area contributed by atoms with Gasteiger partial charge in [0, 0.05) is 0 Å². The lowest BCUT2D eigenvalue weighted by Crippen LogP contribution is -1.93. The minimum atomic E-state index is -0.508. The van der Waals surface area contributed by atoms with Gasteiger partial charge in [-0.2, -0.15) is 0 Å². The minimum Gasteiger partial charge on any atom is -0.276 e. The van der Waals surface area contributed by atoms with Gasteiger partial charge < -0.3 is 0 Å². The van der Waals surface area contributed by atoms with Crippen molar-refractivity contribution in [2.75, 3.05) is 0 Å². The van der Waals surface area contributed by atoms with Crippen molar-refractivity contribution in [3.05, 3.63) is 33.8 Å². The van der Waals surface area contributed by atoms with E-state index in [9.17, 15) is 4.79 Å². The number of hydrogen-bond acceptors (Lipinski definition) is 1. The van der Waals surface area contributed by atoms with Gasteiger partial charge in [-0.3, -0.25) is 4.79 Å². The predicted molar refractivity (Wildman–Crippen MR) is 51.1 cm³/mol. The molecular weight excluding hydrogens is 195 g/mol. The van der Waals surface area contributed by atoms with Gasteiger partial charge in [-0.1, -0.05) is 17.7 Å². The molecule has 0 fully saturated rings. The molecule has 0 saturated heterocycles. The summed E-state index contributed by atoms with van der Waals surface area (Å²) in [4.78, 5) is 10.9. The molecule has 0 aliphatic rings. The summed E-state index contributed by atoms with van der Waals surface area (Å²) >= 11 is 11.2. The first kappa shape index (κ1) is 9.56. The molecule has 0 amide bonds. The van der Waals surface area contributed by atoms with Crippen LogP contribution in [0.5, 0.6) is 0 Å². The zero-order valence-corrected chi connectivity index (χ0v) is 8.33. The van der Waals surface area contributed by atoms with Gasteiger partial charge in [0.1, 0.15) is 0 Å². The second-order valence-electron chi connectivity index (χ2n) is 2.72. The first-order valence-electron chi connectivity index (χ1n) is 3.49. The van der Waals surface area contributed by atoms with Crippen molar-refractivity contribution in [1.82, 2.24) is 0 Å². The maximum Gasteiger partial charge on any atom is 0.253 e. The highest BCUT2D eigenvalue weighted by atomic mass is 35.5. The van der Waals surface area contributed by atoms with Gasteiger partial charge in [-0.05, 0) is 42.6 Å². The van der Waals surface area contributed by atoms with E-state index < -0.39 is 5.24 Å². The summed E-state index contributed by atoms with van der Waals surface area (Å²) in [5, 5.41) is -0.0626. The minimum absolute atomic E-state index is 0.385. The summed E-state index contributed by atoms with van der Waals surface area (Å²) in [6.07, 6.45) is 0. The molecule has 0 aliphatic heterocycles. The molecule has 0 aliphatic carbocycles. The Morgan fingerprint density at radius 2 is 1.92 bits per heavy atom. The Labute approximate surface area is 81.3 Å². The number of carbonyl (C=O) groups is 1. The van der Waals surface area contributed by atoms with Crippen LogP contribution in [-0.4, -0.2) is 5.24 Å². The Bertz CT molecular complexity index is 332. The molecule has 3 heteroatoms. The molecule has 0 atom stereocenters. The summed E-state index contributed by atoms with van der Waals surface area (Å²) in [5.41, 5.74) is 2.25. The third kappa shape index (κ3) is 1.79. The number of benzene rings is 1. The van der Waals surface area contributed by atoms with Crippen molar-refractivity contribution < 1.29 is 4.79 Å². The normalized spacial score (nSPS) is 10.0. The van der Waals surface area contributed by atoms with Crippen molar-refractivity contribution in [1.29, 1.82) is 0 Å². The van der Waals surface area contributed by atoms with Crippen LogP contribution in [0.1, 0.15) is 21.5 Å². The maximum atomic E-state index is 10.9. The number of halogens is 2. The van der Waals surface area contributed by atoms with Gasteiger partial charge in [0.2, 0.25) is 0 Å². The van der Waals surface area contributed by atoms with E-state index in [4.69, 9.17) is 23.2 Å². The fraction of sp³-hybridized carbons (Fsp3) is 0.222. The van der Waals surface area contributed by atoms with Crippen molar-refractivity contribution in [2.45, 2.75) is 13.8 Å². The largest absolute Gasteiger partial charge is 0.276 e. The predicted octanol–water partition coefficient (Wildman–Crippen LogP) is 3.34. The smallest absolute Gasteiger partial charge is 0.253 e. The monoisotopic (exact) mass is 202 g/mol. The molecular formula is C9H8Cl2O. The van der Waals surface area contributed by atoms with E-state index in [0.29, 0.717) is 10.6 Å². The van der Waals surface area contributed by atoms with Crippen LogP contribution in [0.25, 0.3) is 0 Å². The highest BCUT2D eigenvalue weighted by Gasteiger charge is 2.09. The summed E-state index contributed by atoms with van der Waals surface area (Å²) in [6.45, 7) is 3.74. The Balaban J connectivity index is 3.37. The molecule has 1 nitrogen and oxygen atoms in total. The zero-order chi connectivity index (χ0) is 9.30. The SMILES string of the molecule is Cc1cc(C)c(Cl)c(C(=O)Cl)c1. The summed E-state index contributed by atoms with van der Waals surface area (Å²) in [5.74, 6) is 0. The van der Waals surface area contributed by atoms with Crippen LogP contribution in [0, 0.1) is 13.8 Å². The van der Waals surface area contributed by atoms with Gasteiger partial charge in [0.25, 0.3) is 5.24 Å². The summed E-state index contributed by atoms with van der Waals surface area (Å²) in [6, 6.07) is 3.59. The topological polar surface area (TPSA) is 17.1 Å². The van der Waals surface area contributed by atoms with Crippen LogP contribution in [0.4, 0.5) is 0 Å². The molecule has 0 heterocycles. The average molecular weight is 203 g/mol. The standard InChI is InChI=1S/C9H8Cl2O/c1-5-3-6(2)8(10)7(4-5)9(11)12/h3-4H,1-2H3. The molecule has 1 aromatic rings. The highest BCUT2D eigenvalue weighted by molar-refractivity contribution is 6.68. The van der Waals surface area contributed by atoms with Crippen LogP contribution in [0.2, 0.25) is 5.02 Å². The molecule has 64 valence electrons. The molecule has 0 unspecified atom stereocenters. The fourth-order valence-electron chi connectivity index (χ4n) is 1.09. The van der Waals surface area contributed by atoms with Gasteiger partial charge in [-0.25, -0.2) is 0 Å². The van der Waals surface area contributed by atoms with Crippen LogP contribution in [0.3, 0.4) is 0 Å². The van der Waals surface area contributed by atoms with E-state index in [0.717, 1.165) is 11.1 Å². The van der Waals surface area contributed by atoms with Gasteiger partial charge in [0.15, 0.2) is 0 Å². The molecule has 0 aromatic heterocycles. The molecule has 1 aromatic carbocycles. The van der Waals surface area contributed by atoms with E-state index in [2.05, 4.69) is 0 Å². The first-order valence-corrected chi connectivity index (χ1v) is 4.24. The molecule has 0 saturated carbocycles. The second-order valence-corrected chi connectivity index (χ2v) is 3.44. The fourth-order valence-corrected chi connectivity index (χ4v) is 1.49. The number of carbonyl (C=O) groups excluding carboxylic acids is 1. The van der Waals surface area contributed by atoms with Crippen molar-refractivity contribution in [2.24, 2.45) is 0 Å². The zero-order valence-electron chi connectivity index (χ0n) is 6.82. The Morgan fingerprint density at radius 3 is 2.42 bits per heavy atom. The summed E-state index contributed by atoms with van der Waals surface area (Å²) < 4.78 is 0. The molecule has 0 spiro atoms. The van der Waals surface area contributed by atoms with Gasteiger partial charge in [0.05, 0.1) is 10.6 Å². The third-order valence-corrected chi connectivity index (χ3v) is 2.32. The number of hydrogen-bond donors (Lipinski definition) is 0. The van der Waals surface area contributed by atoms with E-state index in [1.165, 1.54) is 0 Å². The van der Waals surface area contributed by atoms with Crippen molar-refractivity contribution >= 4 is 28.4 Å². The lowest BCUT2D eigenvalue weighted by molar-refractivity contribution is 0.108. The van der Waals surface area contributed by atoms with Gasteiger partial charge in [-0.15, -0.1) is 0 Å². The average Bonchev–Trinajstić information content (AvgIpc) is 1.96. The van der Waals surface area contributed by atoms with E-state index >= 15 is 0 Å². The van der Waals surface area contributed by atoms with Crippen LogP contribution in [-0.2, 0) is 0 Å². The molecule has 0 radical (unpaired) electrons. The highest BCUT2D eigenvalue weighted by Crippen LogP contribution is 2.23. The number of rotatable bonds is 1. The van der Waals surface area contributed by atoms with E-state index in [1.807, 2.05) is 19.9 Å². The lowest BCUT2D eigenvalue weighted by Gasteiger charge is -2.03. The Hall–Kier alpha value is -0.530. The molecule has 1 rings (SSSR count). The molecule has 12 heavy (non-hydrogen) atoms. The van der Waals surface area contributed by atoms with Crippen LogP contribution in [0.15, 0.2) is 12.1 Å². The lowest BCUT2D eigenvalue weighted by atomic mass is 10.1. The van der Waals surface area contributed by atoms with Crippen molar-refractivity contribution in [3.8, 4) is 0 Å². The quantitative estimate of drug-likeness (QED) is 0.639. The van der Waals surface area contributed by atoms with Gasteiger partial charge >= 0.3 is 0 Å². The van der Waals surface area contributed by atoms with Crippen LogP contribution < -0.4 is 0 Å². The third-order valence-electron chi connectivity index (χ3n) is 1.61. The summed E-state index contributed by atoms with van der Waals surface area (Å²) in [7, 11) is 0. The Kier molecular flexibility index (Phi) is 2.76. The maximum absolute atomic E-state index is 10.9. The first-order chi connectivity index (χ1) is 5.52. The molecule has 0 N–H and O–H groups in total. The second kappa shape index (κ2) is 3.46. The Morgan fingerprint density at radius 1 is 1.33 bits per heavy atom. The van der Waals surface area contributed by atoms with Crippen LogP contribution >= 0.6 is 23.2 Å². The van der Waals surface area contributed by atoms with Crippen molar-refractivity contribution in [3.63, 3.8) is 0 Å². The van der Waals surface area contributed by atoms with E-state index in [1.54, 1.807) is 6.07 Å². The number of aryl methyl sites for hydroxylation is 2.